The van der Waals surface area contributed by atoms with Gasteiger partial charge in [-0.15, -0.1) is 0 Å². The quantitative estimate of drug-likeness (QED) is 0.405. The van der Waals surface area contributed by atoms with Crippen LogP contribution in [-0.2, 0) is 28.6 Å². The SMILES string of the molecule is COC(=O)[C@@H]1CC(OC(=O)c2ccc(Cl)cc2)C(=O)[C@H]2[C@@]1(C)CC[C@H]1C(=O)O[C@H](c3ccoc3)C[C@]21C. The molecular formula is C28H29ClO8. The summed E-state index contributed by atoms with van der Waals surface area (Å²) < 4.78 is 21.9. The molecule has 9 heteroatoms. The van der Waals surface area contributed by atoms with Gasteiger partial charge < -0.3 is 18.6 Å². The van der Waals surface area contributed by atoms with Crippen molar-refractivity contribution in [1.82, 2.24) is 0 Å². The van der Waals surface area contributed by atoms with Gasteiger partial charge in [-0.1, -0.05) is 25.4 Å². The predicted molar refractivity (Wildman–Crippen MR) is 130 cm³/mol. The van der Waals surface area contributed by atoms with Gasteiger partial charge in [0.1, 0.15) is 6.10 Å². The molecule has 1 aromatic heterocycles. The lowest BCUT2D eigenvalue weighted by Crippen LogP contribution is -2.64. The van der Waals surface area contributed by atoms with Crippen molar-refractivity contribution < 1.29 is 37.8 Å². The molecule has 5 rings (SSSR count). The molecule has 1 aromatic carbocycles. The first-order valence-corrected chi connectivity index (χ1v) is 12.8. The zero-order chi connectivity index (χ0) is 26.5. The Balaban J connectivity index is 1.53. The lowest BCUT2D eigenvalue weighted by atomic mass is 9.43. The average Bonchev–Trinajstić information content (AvgIpc) is 3.40. The van der Waals surface area contributed by atoms with E-state index in [-0.39, 0.29) is 23.7 Å². The lowest BCUT2D eigenvalue weighted by molar-refractivity contribution is -0.208. The highest BCUT2D eigenvalue weighted by Crippen LogP contribution is 2.65. The highest BCUT2D eigenvalue weighted by atomic mass is 35.5. The first kappa shape index (κ1) is 25.5. The molecule has 0 radical (unpaired) electrons. The Kier molecular flexibility index (Phi) is 6.42. The van der Waals surface area contributed by atoms with Crippen LogP contribution in [0.4, 0.5) is 0 Å². The van der Waals surface area contributed by atoms with Crippen LogP contribution in [0.25, 0.3) is 0 Å². The number of Topliss-reactive ketones (excluding diaryl/α,β-unsaturated/α-hetero) is 1. The Morgan fingerprint density at radius 3 is 2.46 bits per heavy atom. The van der Waals surface area contributed by atoms with E-state index in [1.54, 1.807) is 18.2 Å². The zero-order valence-electron chi connectivity index (χ0n) is 20.9. The molecule has 0 N–H and O–H groups in total. The van der Waals surface area contributed by atoms with Gasteiger partial charge in [0.05, 0.1) is 37.0 Å². The van der Waals surface area contributed by atoms with Crippen LogP contribution in [0.2, 0.25) is 5.02 Å². The van der Waals surface area contributed by atoms with Crippen LogP contribution in [0.1, 0.15) is 61.6 Å². The number of ether oxygens (including phenoxy) is 3. The van der Waals surface area contributed by atoms with E-state index in [1.165, 1.54) is 31.8 Å². The van der Waals surface area contributed by atoms with E-state index < -0.39 is 52.7 Å². The normalized spacial score (nSPS) is 35.1. The monoisotopic (exact) mass is 528 g/mol. The van der Waals surface area contributed by atoms with E-state index in [1.807, 2.05) is 13.8 Å². The van der Waals surface area contributed by atoms with Crippen LogP contribution in [-0.4, -0.2) is 36.9 Å². The second-order valence-corrected chi connectivity index (χ2v) is 11.3. The number of carbonyl (C=O) groups excluding carboxylic acids is 4. The van der Waals surface area contributed by atoms with E-state index >= 15 is 0 Å². The Hall–Kier alpha value is -3.13. The standard InChI is InChI=1S/C28H29ClO8/c1-27-10-8-18-26(33)37-21(16-9-11-35-14-16)13-28(18,2)23(27)22(30)20(12-19(27)25(32)34-3)36-24(31)15-4-6-17(29)7-5-15/h4-7,9,11,14,18-21,23H,8,10,12-13H2,1-3H3/t18-,19-,20?,21-,23-,27-,28-/m0/s1. The Morgan fingerprint density at radius 2 is 1.81 bits per heavy atom. The van der Waals surface area contributed by atoms with Crippen LogP contribution in [0, 0.1) is 28.6 Å². The summed E-state index contributed by atoms with van der Waals surface area (Å²) in [5.41, 5.74) is -0.663. The minimum atomic E-state index is -1.16. The third-order valence-corrected chi connectivity index (χ3v) is 9.08. The van der Waals surface area contributed by atoms with Crippen molar-refractivity contribution in [2.24, 2.45) is 28.6 Å². The van der Waals surface area contributed by atoms with Gasteiger partial charge >= 0.3 is 17.9 Å². The number of methoxy groups -OCH3 is 1. The summed E-state index contributed by atoms with van der Waals surface area (Å²) in [5, 5.41) is 0.462. The van der Waals surface area contributed by atoms with Crippen LogP contribution in [0.15, 0.2) is 47.3 Å². The van der Waals surface area contributed by atoms with Crippen LogP contribution in [0.5, 0.6) is 0 Å². The first-order valence-electron chi connectivity index (χ1n) is 12.4. The minimum absolute atomic E-state index is 0.0220. The van der Waals surface area contributed by atoms with Gasteiger partial charge in [-0.05, 0) is 60.4 Å². The number of hydrogen-bond donors (Lipinski definition) is 0. The molecule has 1 aliphatic heterocycles. The van der Waals surface area contributed by atoms with Crippen molar-refractivity contribution in [2.45, 2.75) is 51.7 Å². The summed E-state index contributed by atoms with van der Waals surface area (Å²) in [6.45, 7) is 3.84. The zero-order valence-corrected chi connectivity index (χ0v) is 21.7. The number of carbonyl (C=O) groups is 4. The van der Waals surface area contributed by atoms with Crippen molar-refractivity contribution in [3.05, 3.63) is 59.0 Å². The number of esters is 3. The topological polar surface area (TPSA) is 109 Å². The van der Waals surface area contributed by atoms with Gasteiger partial charge in [0, 0.05) is 22.9 Å². The van der Waals surface area contributed by atoms with E-state index in [9.17, 15) is 19.2 Å². The second-order valence-electron chi connectivity index (χ2n) is 10.8. The summed E-state index contributed by atoms with van der Waals surface area (Å²) in [5.74, 6) is -3.74. The molecule has 0 bridgehead atoms. The molecule has 2 heterocycles. The molecule has 8 nitrogen and oxygen atoms in total. The van der Waals surface area contributed by atoms with Gasteiger partial charge in [0.15, 0.2) is 11.9 Å². The molecule has 2 saturated carbocycles. The molecule has 37 heavy (non-hydrogen) atoms. The van der Waals surface area contributed by atoms with Crippen molar-refractivity contribution in [1.29, 1.82) is 0 Å². The molecule has 0 spiro atoms. The number of benzene rings is 1. The average molecular weight is 529 g/mol. The number of fused-ring (bicyclic) bond motifs is 3. The summed E-state index contributed by atoms with van der Waals surface area (Å²) in [6, 6.07) is 7.90. The predicted octanol–water partition coefficient (Wildman–Crippen LogP) is 4.95. The van der Waals surface area contributed by atoms with E-state index in [4.69, 9.17) is 30.2 Å². The molecule has 1 unspecified atom stereocenters. The molecule has 1 saturated heterocycles. The molecule has 0 amide bonds. The van der Waals surface area contributed by atoms with Gasteiger partial charge in [-0.25, -0.2) is 4.79 Å². The molecular weight excluding hydrogens is 500 g/mol. The third-order valence-electron chi connectivity index (χ3n) is 8.83. The summed E-state index contributed by atoms with van der Waals surface area (Å²) >= 11 is 5.93. The van der Waals surface area contributed by atoms with Gasteiger partial charge in [0.2, 0.25) is 0 Å². The van der Waals surface area contributed by atoms with Crippen LogP contribution < -0.4 is 0 Å². The number of cyclic esters (lactones) is 1. The molecule has 3 aliphatic rings. The maximum Gasteiger partial charge on any atom is 0.338 e. The summed E-state index contributed by atoms with van der Waals surface area (Å²) in [7, 11) is 1.31. The maximum atomic E-state index is 14.2. The van der Waals surface area contributed by atoms with Crippen molar-refractivity contribution in [2.75, 3.05) is 7.11 Å². The van der Waals surface area contributed by atoms with E-state index in [0.29, 0.717) is 29.8 Å². The largest absolute Gasteiger partial charge is 0.472 e. The number of rotatable bonds is 4. The van der Waals surface area contributed by atoms with Gasteiger partial charge in [-0.2, -0.15) is 0 Å². The highest BCUT2D eigenvalue weighted by molar-refractivity contribution is 6.30. The van der Waals surface area contributed by atoms with Crippen molar-refractivity contribution in [3.8, 4) is 0 Å². The number of halogens is 1. The molecule has 3 fully saturated rings. The maximum absolute atomic E-state index is 14.2. The summed E-state index contributed by atoms with van der Waals surface area (Å²) in [6.07, 6.45) is 2.63. The smallest absolute Gasteiger partial charge is 0.338 e. The Morgan fingerprint density at radius 1 is 1.08 bits per heavy atom. The van der Waals surface area contributed by atoms with E-state index in [0.717, 1.165) is 0 Å². The van der Waals surface area contributed by atoms with Crippen LogP contribution >= 0.6 is 11.6 Å². The third kappa shape index (κ3) is 4.15. The van der Waals surface area contributed by atoms with Gasteiger partial charge in [0.25, 0.3) is 0 Å². The molecule has 196 valence electrons. The molecule has 7 atom stereocenters. The lowest BCUT2D eigenvalue weighted by Gasteiger charge is -2.61. The number of hydrogen-bond acceptors (Lipinski definition) is 8. The Bertz CT molecular complexity index is 1220. The van der Waals surface area contributed by atoms with Crippen molar-refractivity contribution in [3.63, 3.8) is 0 Å². The van der Waals surface area contributed by atoms with Gasteiger partial charge in [-0.3, -0.25) is 14.4 Å². The first-order chi connectivity index (χ1) is 17.6. The summed E-state index contributed by atoms with van der Waals surface area (Å²) in [4.78, 5) is 53.4. The molecule has 2 aromatic rings. The minimum Gasteiger partial charge on any atom is -0.472 e. The number of ketones is 1. The second kappa shape index (κ2) is 9.31. The molecule has 2 aliphatic carbocycles. The fraction of sp³-hybridized carbons (Fsp3) is 0.500. The fourth-order valence-corrected chi connectivity index (χ4v) is 7.17. The van der Waals surface area contributed by atoms with E-state index in [2.05, 4.69) is 0 Å². The Labute approximate surface area is 219 Å². The highest BCUT2D eigenvalue weighted by Gasteiger charge is 2.67. The van der Waals surface area contributed by atoms with Crippen molar-refractivity contribution >= 4 is 35.3 Å². The fourth-order valence-electron chi connectivity index (χ4n) is 7.05. The number of furan rings is 1. The van der Waals surface area contributed by atoms with Crippen LogP contribution in [0.3, 0.4) is 0 Å².